The number of thiazole rings is 1. The number of hydrogen-bond donors (Lipinski definition) is 0. The largest absolute Gasteiger partial charge is 0.491 e. The first-order valence-electron chi connectivity index (χ1n) is 12.4. The van der Waals surface area contributed by atoms with E-state index in [1.807, 2.05) is 59.2 Å². The van der Waals surface area contributed by atoms with Crippen molar-refractivity contribution < 1.29 is 14.3 Å². The van der Waals surface area contributed by atoms with Gasteiger partial charge in [-0.25, -0.2) is 4.98 Å². The maximum Gasteiger partial charge on any atom is 0.273 e. The molecule has 1 aliphatic heterocycles. The molecule has 0 N–H and O–H groups in total. The minimum Gasteiger partial charge on any atom is -0.491 e. The summed E-state index contributed by atoms with van der Waals surface area (Å²) in [5.74, 6) is 0.492. The molecule has 0 saturated carbocycles. The molecule has 3 aromatic rings. The minimum atomic E-state index is -0.194. The molecule has 0 aliphatic carbocycles. The fourth-order valence-electron chi connectivity index (χ4n) is 4.53. The van der Waals surface area contributed by atoms with Gasteiger partial charge in [-0.15, -0.1) is 11.3 Å². The van der Waals surface area contributed by atoms with Crippen LogP contribution in [0.2, 0.25) is 0 Å². The summed E-state index contributed by atoms with van der Waals surface area (Å²) in [5, 5.41) is 1.81. The van der Waals surface area contributed by atoms with Crippen molar-refractivity contribution in [1.29, 1.82) is 0 Å². The first-order valence-corrected chi connectivity index (χ1v) is 13.4. The fraction of sp³-hybridized carbons (Fsp3) is 0.393. The van der Waals surface area contributed by atoms with E-state index in [0.717, 1.165) is 37.8 Å². The second kappa shape index (κ2) is 12.5. The molecule has 6 nitrogen and oxygen atoms in total. The maximum atomic E-state index is 13.5. The zero-order valence-electron chi connectivity index (χ0n) is 20.3. The predicted octanol–water partition coefficient (Wildman–Crippen LogP) is 5.31. The van der Waals surface area contributed by atoms with E-state index in [-0.39, 0.29) is 17.9 Å². The fourth-order valence-corrected chi connectivity index (χ4v) is 5.05. The number of amides is 2. The van der Waals surface area contributed by atoms with E-state index in [1.165, 1.54) is 11.3 Å². The standard InChI is InChI=1S/C28H33N3O3S/c1-2-30-16-10-3-4-11-17-31(28(33)25-20-35-21-29-25)23(18-22-12-6-5-7-13-22)19-34-26-15-9-8-14-24(26)27(30)32/h5-9,12-15,20-21,23H,2-4,10-11,16-19H2,1H3/t23-/m0/s1. The Morgan fingerprint density at radius 1 is 1.03 bits per heavy atom. The average molecular weight is 492 g/mol. The van der Waals surface area contributed by atoms with Gasteiger partial charge in [0.2, 0.25) is 0 Å². The van der Waals surface area contributed by atoms with Gasteiger partial charge in [-0.05, 0) is 43.9 Å². The van der Waals surface area contributed by atoms with Gasteiger partial charge in [-0.2, -0.15) is 0 Å². The number of ether oxygens (including phenoxy) is 1. The molecule has 4 rings (SSSR count). The molecule has 0 unspecified atom stereocenters. The van der Waals surface area contributed by atoms with E-state index in [1.54, 1.807) is 10.9 Å². The summed E-state index contributed by atoms with van der Waals surface area (Å²) < 4.78 is 6.32. The third-order valence-corrected chi connectivity index (χ3v) is 7.05. The lowest BCUT2D eigenvalue weighted by Crippen LogP contribution is -2.46. The smallest absolute Gasteiger partial charge is 0.273 e. The quantitative estimate of drug-likeness (QED) is 0.496. The number of aromatic nitrogens is 1. The van der Waals surface area contributed by atoms with E-state index in [4.69, 9.17) is 4.74 Å². The zero-order chi connectivity index (χ0) is 24.5. The highest BCUT2D eigenvalue weighted by Crippen LogP contribution is 2.23. The number of hydrogen-bond acceptors (Lipinski definition) is 5. The summed E-state index contributed by atoms with van der Waals surface area (Å²) in [6.07, 6.45) is 4.52. The molecule has 0 saturated heterocycles. The monoisotopic (exact) mass is 491 g/mol. The molecule has 1 aliphatic rings. The molecule has 1 aromatic heterocycles. The van der Waals surface area contributed by atoms with E-state index >= 15 is 0 Å². The van der Waals surface area contributed by atoms with E-state index in [9.17, 15) is 9.59 Å². The highest BCUT2D eigenvalue weighted by atomic mass is 32.1. The van der Waals surface area contributed by atoms with Crippen molar-refractivity contribution in [1.82, 2.24) is 14.8 Å². The van der Waals surface area contributed by atoms with Crippen LogP contribution in [-0.4, -0.2) is 58.9 Å². The van der Waals surface area contributed by atoms with Gasteiger partial charge in [-0.3, -0.25) is 9.59 Å². The molecule has 2 heterocycles. The highest BCUT2D eigenvalue weighted by molar-refractivity contribution is 7.07. The molecule has 0 fully saturated rings. The number of para-hydroxylation sites is 1. The summed E-state index contributed by atoms with van der Waals surface area (Å²) in [6, 6.07) is 17.4. The Bertz CT molecular complexity index is 1090. The van der Waals surface area contributed by atoms with Crippen molar-refractivity contribution in [3.8, 4) is 5.75 Å². The van der Waals surface area contributed by atoms with E-state index < -0.39 is 0 Å². The van der Waals surface area contributed by atoms with E-state index in [0.29, 0.717) is 43.1 Å². The van der Waals surface area contributed by atoms with Crippen molar-refractivity contribution in [2.45, 2.75) is 45.1 Å². The number of carbonyl (C=O) groups excluding carboxylic acids is 2. The van der Waals surface area contributed by atoms with Gasteiger partial charge >= 0.3 is 0 Å². The maximum absolute atomic E-state index is 13.5. The Kier molecular flexibility index (Phi) is 8.90. The normalized spacial score (nSPS) is 17.9. The summed E-state index contributed by atoms with van der Waals surface area (Å²) >= 11 is 1.43. The van der Waals surface area contributed by atoms with Crippen LogP contribution in [0.3, 0.4) is 0 Å². The highest BCUT2D eigenvalue weighted by Gasteiger charge is 2.28. The van der Waals surface area contributed by atoms with Crippen molar-refractivity contribution in [3.05, 3.63) is 82.3 Å². The lowest BCUT2D eigenvalue weighted by atomic mass is 10.0. The predicted molar refractivity (Wildman–Crippen MR) is 139 cm³/mol. The summed E-state index contributed by atoms with van der Waals surface area (Å²) in [6.45, 7) is 4.35. The Morgan fingerprint density at radius 2 is 1.77 bits per heavy atom. The molecular weight excluding hydrogens is 458 g/mol. The molecule has 1 atom stereocenters. The van der Waals surface area contributed by atoms with Gasteiger partial charge in [0.05, 0.1) is 17.1 Å². The third-order valence-electron chi connectivity index (χ3n) is 6.46. The Labute approximate surface area is 211 Å². The molecule has 7 heteroatoms. The van der Waals surface area contributed by atoms with Gasteiger partial charge in [0.25, 0.3) is 11.8 Å². The molecule has 0 spiro atoms. The number of nitrogens with zero attached hydrogens (tertiary/aromatic N) is 3. The van der Waals surface area contributed by atoms with Crippen molar-refractivity contribution >= 4 is 23.2 Å². The van der Waals surface area contributed by atoms with Crippen molar-refractivity contribution in [2.24, 2.45) is 0 Å². The topological polar surface area (TPSA) is 62.7 Å². The van der Waals surface area contributed by atoms with E-state index in [2.05, 4.69) is 17.1 Å². The first kappa shape index (κ1) is 24.9. The van der Waals surface area contributed by atoms with Crippen LogP contribution in [0.5, 0.6) is 5.75 Å². The second-order valence-electron chi connectivity index (χ2n) is 8.82. The van der Waals surface area contributed by atoms with Gasteiger partial charge in [0.1, 0.15) is 18.1 Å². The van der Waals surface area contributed by atoms with Crippen LogP contribution in [0, 0.1) is 0 Å². The van der Waals surface area contributed by atoms with Crippen molar-refractivity contribution in [2.75, 3.05) is 26.2 Å². The van der Waals surface area contributed by atoms with Gasteiger partial charge in [0.15, 0.2) is 0 Å². The lowest BCUT2D eigenvalue weighted by molar-refractivity contribution is 0.0593. The Morgan fingerprint density at radius 3 is 2.51 bits per heavy atom. The van der Waals surface area contributed by atoms with Crippen LogP contribution in [0.15, 0.2) is 65.5 Å². The molecule has 35 heavy (non-hydrogen) atoms. The summed E-state index contributed by atoms with van der Waals surface area (Å²) in [5.41, 5.74) is 3.88. The van der Waals surface area contributed by atoms with Crippen LogP contribution >= 0.6 is 11.3 Å². The van der Waals surface area contributed by atoms with Crippen LogP contribution in [0.1, 0.15) is 59.0 Å². The van der Waals surface area contributed by atoms with Crippen LogP contribution < -0.4 is 4.74 Å². The van der Waals surface area contributed by atoms with Gasteiger partial charge < -0.3 is 14.5 Å². The second-order valence-corrected chi connectivity index (χ2v) is 9.54. The lowest BCUT2D eigenvalue weighted by Gasteiger charge is -2.32. The summed E-state index contributed by atoms with van der Waals surface area (Å²) in [7, 11) is 0. The number of benzene rings is 2. The van der Waals surface area contributed by atoms with Crippen LogP contribution in [0.25, 0.3) is 0 Å². The van der Waals surface area contributed by atoms with Crippen LogP contribution in [-0.2, 0) is 6.42 Å². The Hall–Kier alpha value is -3.19. The SMILES string of the molecule is CCN1CCCCCCN(C(=O)c2cscn2)[C@@H](Cc2ccccc2)COc2ccccc2C1=O. The molecule has 184 valence electrons. The molecule has 2 amide bonds. The van der Waals surface area contributed by atoms with Crippen LogP contribution in [0.4, 0.5) is 0 Å². The Balaban J connectivity index is 1.67. The minimum absolute atomic E-state index is 0.00447. The zero-order valence-corrected chi connectivity index (χ0v) is 21.1. The van der Waals surface area contributed by atoms with Gasteiger partial charge in [-0.1, -0.05) is 55.3 Å². The number of fused-ring (bicyclic) bond motifs is 1. The van der Waals surface area contributed by atoms with Crippen molar-refractivity contribution in [3.63, 3.8) is 0 Å². The van der Waals surface area contributed by atoms with Gasteiger partial charge in [0, 0.05) is 25.0 Å². The average Bonchev–Trinajstić information content (AvgIpc) is 3.43. The molecule has 0 bridgehead atoms. The molecule has 2 aromatic carbocycles. The molecular formula is C28H33N3O3S. The third kappa shape index (κ3) is 6.48. The number of carbonyl (C=O) groups is 2. The number of rotatable bonds is 4. The first-order chi connectivity index (χ1) is 17.2. The molecule has 0 radical (unpaired) electrons. The summed E-state index contributed by atoms with van der Waals surface area (Å²) in [4.78, 5) is 35.0.